The normalized spacial score (nSPS) is 14.8. The average Bonchev–Trinajstić information content (AvgIpc) is 2.34. The van der Waals surface area contributed by atoms with Gasteiger partial charge in [0.05, 0.1) is 0 Å². The molecule has 0 heterocycles. The average molecular weight is 268 g/mol. The molecule has 0 aromatic heterocycles. The van der Waals surface area contributed by atoms with Crippen LogP contribution in [0.4, 0.5) is 0 Å². The molecule has 0 aliphatic heterocycles. The minimum absolute atomic E-state index is 0.880. The molecule has 0 saturated carbocycles. The lowest BCUT2D eigenvalue weighted by Gasteiger charge is -2.15. The molecule has 19 heavy (non-hydrogen) atoms. The topological polar surface area (TPSA) is 0 Å². The second kappa shape index (κ2) is 13.0. The van der Waals surface area contributed by atoms with Crippen molar-refractivity contribution in [2.75, 3.05) is 0 Å². The van der Waals surface area contributed by atoms with Crippen molar-refractivity contribution in [1.29, 1.82) is 0 Å². The maximum Gasteiger partial charge on any atom is -0.0443 e. The summed E-state index contributed by atoms with van der Waals surface area (Å²) in [5.41, 5.74) is 0. The van der Waals surface area contributed by atoms with Gasteiger partial charge in [0.2, 0.25) is 0 Å². The molecule has 0 fully saturated rings. The highest BCUT2D eigenvalue weighted by atomic mass is 14.1. The molecular weight excluding hydrogens is 228 g/mol. The molecule has 0 nitrogen and oxygen atoms in total. The van der Waals surface area contributed by atoms with Crippen molar-refractivity contribution >= 4 is 0 Å². The molecule has 0 saturated heterocycles. The van der Waals surface area contributed by atoms with E-state index in [9.17, 15) is 0 Å². The fourth-order valence-electron chi connectivity index (χ4n) is 2.82. The molecule has 0 rings (SSSR count). The van der Waals surface area contributed by atoms with Gasteiger partial charge in [0.25, 0.3) is 0 Å². The lowest BCUT2D eigenvalue weighted by molar-refractivity contribution is 0.386. The van der Waals surface area contributed by atoms with E-state index in [1.807, 2.05) is 0 Å². The van der Waals surface area contributed by atoms with E-state index in [2.05, 4.69) is 34.6 Å². The Morgan fingerprint density at radius 2 is 1.05 bits per heavy atom. The zero-order chi connectivity index (χ0) is 14.5. The van der Waals surface area contributed by atoms with Crippen molar-refractivity contribution in [3.05, 3.63) is 6.92 Å². The van der Waals surface area contributed by atoms with Crippen LogP contribution in [0.2, 0.25) is 0 Å². The van der Waals surface area contributed by atoms with Crippen molar-refractivity contribution < 1.29 is 0 Å². The predicted octanol–water partition coefficient (Wildman–Crippen LogP) is 7.04. The summed E-state index contributed by atoms with van der Waals surface area (Å²) in [5, 5.41) is 0. The van der Waals surface area contributed by atoms with Gasteiger partial charge in [-0.3, -0.25) is 0 Å². The lowest BCUT2D eigenvalue weighted by Crippen LogP contribution is -2.00. The summed E-state index contributed by atoms with van der Waals surface area (Å²) in [7, 11) is 0. The van der Waals surface area contributed by atoms with Gasteiger partial charge in [-0.25, -0.2) is 0 Å². The lowest BCUT2D eigenvalue weighted by atomic mass is 9.92. The SMILES string of the molecule is [CH2]CCCCCC(C)CCCC(C)CCCC(C)C. The molecule has 1 radical (unpaired) electrons. The van der Waals surface area contributed by atoms with E-state index >= 15 is 0 Å². The first-order valence-corrected chi connectivity index (χ1v) is 8.85. The molecule has 0 heteroatoms. The Kier molecular flexibility index (Phi) is 13.0. The second-order valence-electron chi connectivity index (χ2n) is 7.17. The van der Waals surface area contributed by atoms with Gasteiger partial charge in [-0.2, -0.15) is 0 Å². The number of rotatable bonds is 13. The fourth-order valence-corrected chi connectivity index (χ4v) is 2.82. The molecule has 0 aliphatic rings. The van der Waals surface area contributed by atoms with E-state index in [1.54, 1.807) is 0 Å². The Morgan fingerprint density at radius 3 is 1.53 bits per heavy atom. The molecule has 0 spiro atoms. The maximum atomic E-state index is 3.91. The molecule has 0 aromatic rings. The molecule has 2 unspecified atom stereocenters. The van der Waals surface area contributed by atoms with E-state index < -0.39 is 0 Å². The van der Waals surface area contributed by atoms with Crippen molar-refractivity contribution in [3.8, 4) is 0 Å². The highest BCUT2D eigenvalue weighted by molar-refractivity contribution is 4.59. The minimum atomic E-state index is 0.880. The maximum absolute atomic E-state index is 3.91. The molecule has 0 bridgehead atoms. The molecule has 0 N–H and O–H groups in total. The third kappa shape index (κ3) is 14.2. The fraction of sp³-hybridized carbons (Fsp3) is 0.947. The zero-order valence-corrected chi connectivity index (χ0v) is 14.2. The van der Waals surface area contributed by atoms with Crippen LogP contribution in [-0.2, 0) is 0 Å². The standard InChI is InChI=1S/C19H39/c1-6-7-8-9-13-18(4)15-11-16-19(5)14-10-12-17(2)3/h17-19H,1,6-16H2,2-5H3. The van der Waals surface area contributed by atoms with Crippen molar-refractivity contribution in [1.82, 2.24) is 0 Å². The van der Waals surface area contributed by atoms with Crippen LogP contribution >= 0.6 is 0 Å². The molecule has 0 amide bonds. The summed E-state index contributed by atoms with van der Waals surface area (Å²) in [6.07, 6.45) is 15.3. The van der Waals surface area contributed by atoms with Crippen LogP contribution in [0.3, 0.4) is 0 Å². The van der Waals surface area contributed by atoms with E-state index in [4.69, 9.17) is 0 Å². The Labute approximate surface area is 123 Å². The Bertz CT molecular complexity index is 171. The monoisotopic (exact) mass is 267 g/mol. The van der Waals surface area contributed by atoms with Gasteiger partial charge < -0.3 is 0 Å². The Morgan fingerprint density at radius 1 is 0.579 bits per heavy atom. The summed E-state index contributed by atoms with van der Waals surface area (Å²) in [4.78, 5) is 0. The van der Waals surface area contributed by atoms with Gasteiger partial charge in [-0.05, 0) is 17.8 Å². The number of unbranched alkanes of at least 4 members (excludes halogenated alkanes) is 3. The zero-order valence-electron chi connectivity index (χ0n) is 14.2. The summed E-state index contributed by atoms with van der Waals surface area (Å²) < 4.78 is 0. The van der Waals surface area contributed by atoms with Crippen LogP contribution in [0.1, 0.15) is 98.3 Å². The first-order valence-electron chi connectivity index (χ1n) is 8.85. The first kappa shape index (κ1) is 19.0. The van der Waals surface area contributed by atoms with E-state index in [1.165, 1.54) is 64.2 Å². The number of hydrogen-bond donors (Lipinski definition) is 0. The third-order valence-electron chi connectivity index (χ3n) is 4.32. The van der Waals surface area contributed by atoms with Crippen molar-refractivity contribution in [3.63, 3.8) is 0 Å². The second-order valence-corrected chi connectivity index (χ2v) is 7.17. The smallest absolute Gasteiger partial charge is 0.0443 e. The van der Waals surface area contributed by atoms with E-state index in [-0.39, 0.29) is 0 Å². The van der Waals surface area contributed by atoms with Gasteiger partial charge in [-0.1, -0.05) is 105 Å². The van der Waals surface area contributed by atoms with Crippen LogP contribution in [-0.4, -0.2) is 0 Å². The van der Waals surface area contributed by atoms with Crippen LogP contribution < -0.4 is 0 Å². The molecule has 115 valence electrons. The van der Waals surface area contributed by atoms with Crippen LogP contribution in [0.25, 0.3) is 0 Å². The number of hydrogen-bond acceptors (Lipinski definition) is 0. The highest BCUT2D eigenvalue weighted by Gasteiger charge is 2.06. The molecule has 0 aliphatic carbocycles. The van der Waals surface area contributed by atoms with Crippen LogP contribution in [0, 0.1) is 24.7 Å². The van der Waals surface area contributed by atoms with E-state index in [0.29, 0.717) is 0 Å². The first-order chi connectivity index (χ1) is 9.06. The van der Waals surface area contributed by atoms with Crippen molar-refractivity contribution in [2.45, 2.75) is 98.3 Å². The quantitative estimate of drug-likeness (QED) is 0.314. The summed E-state index contributed by atoms with van der Waals surface area (Å²) >= 11 is 0. The largest absolute Gasteiger partial charge is 0.0628 e. The third-order valence-corrected chi connectivity index (χ3v) is 4.32. The summed E-state index contributed by atoms with van der Waals surface area (Å²) in [5.74, 6) is 2.76. The van der Waals surface area contributed by atoms with Crippen molar-refractivity contribution in [2.24, 2.45) is 17.8 Å². The molecule has 0 aromatic carbocycles. The van der Waals surface area contributed by atoms with E-state index in [0.717, 1.165) is 24.2 Å². The molecule has 2 atom stereocenters. The van der Waals surface area contributed by atoms with Crippen LogP contribution in [0.5, 0.6) is 0 Å². The summed E-state index contributed by atoms with van der Waals surface area (Å²) in [6, 6.07) is 0. The van der Waals surface area contributed by atoms with Gasteiger partial charge in [0.15, 0.2) is 0 Å². The minimum Gasteiger partial charge on any atom is -0.0628 e. The van der Waals surface area contributed by atoms with Gasteiger partial charge >= 0.3 is 0 Å². The Balaban J connectivity index is 3.35. The van der Waals surface area contributed by atoms with Gasteiger partial charge in [-0.15, -0.1) is 0 Å². The Hall–Kier alpha value is 0. The van der Waals surface area contributed by atoms with Gasteiger partial charge in [0.1, 0.15) is 0 Å². The summed E-state index contributed by atoms with van der Waals surface area (Å²) in [6.45, 7) is 13.5. The van der Waals surface area contributed by atoms with Gasteiger partial charge in [0, 0.05) is 0 Å². The predicted molar refractivity (Wildman–Crippen MR) is 89.3 cm³/mol. The molecular formula is C19H39. The highest BCUT2D eigenvalue weighted by Crippen LogP contribution is 2.21. The van der Waals surface area contributed by atoms with Crippen LogP contribution in [0.15, 0.2) is 0 Å².